The van der Waals surface area contributed by atoms with E-state index in [-0.39, 0.29) is 23.0 Å². The quantitative estimate of drug-likeness (QED) is 0.843. The van der Waals surface area contributed by atoms with Crippen molar-refractivity contribution in [3.8, 4) is 0 Å². The minimum absolute atomic E-state index is 0.0564. The number of carbonyl (C=O) groups excluding carboxylic acids is 1. The number of rotatable bonds is 3. The Hall–Kier alpha value is -1.48. The number of carbonyl (C=O) groups is 1. The van der Waals surface area contributed by atoms with Gasteiger partial charge in [-0.3, -0.25) is 4.79 Å². The second kappa shape index (κ2) is 7.41. The van der Waals surface area contributed by atoms with E-state index in [1.807, 2.05) is 13.8 Å². The smallest absolute Gasteiger partial charge is 0.253 e. The van der Waals surface area contributed by atoms with Crippen LogP contribution in [0.3, 0.4) is 0 Å². The molecule has 8 heteroatoms. The van der Waals surface area contributed by atoms with Crippen molar-refractivity contribution in [2.45, 2.75) is 31.0 Å². The average Bonchev–Trinajstić information content (AvgIpc) is 2.61. The van der Waals surface area contributed by atoms with Crippen LogP contribution in [0.25, 0.3) is 0 Å². The van der Waals surface area contributed by atoms with Gasteiger partial charge in [0.1, 0.15) is 0 Å². The number of nitrogens with one attached hydrogen (secondary N) is 1. The number of amides is 1. The van der Waals surface area contributed by atoms with E-state index < -0.39 is 10.0 Å². The highest BCUT2D eigenvalue weighted by Gasteiger charge is 2.32. The van der Waals surface area contributed by atoms with Crippen molar-refractivity contribution in [1.29, 1.82) is 0 Å². The summed E-state index contributed by atoms with van der Waals surface area (Å²) in [5.74, 6) is -0.0564. The van der Waals surface area contributed by atoms with Crippen molar-refractivity contribution in [2.75, 3.05) is 39.3 Å². The Labute approximate surface area is 149 Å². The topological polar surface area (TPSA) is 79.0 Å². The summed E-state index contributed by atoms with van der Waals surface area (Å²) in [6.07, 6.45) is -0.265. The van der Waals surface area contributed by atoms with Gasteiger partial charge in [-0.1, -0.05) is 0 Å². The molecule has 0 radical (unpaired) electrons. The third-order valence-corrected chi connectivity index (χ3v) is 6.38. The van der Waals surface area contributed by atoms with Crippen molar-refractivity contribution in [3.63, 3.8) is 0 Å². The molecule has 2 aliphatic heterocycles. The molecule has 2 atom stereocenters. The molecule has 7 nitrogen and oxygen atoms in total. The van der Waals surface area contributed by atoms with Crippen LogP contribution in [0.15, 0.2) is 29.2 Å². The molecule has 0 aliphatic carbocycles. The summed E-state index contributed by atoms with van der Waals surface area (Å²) in [6.45, 7) is 7.32. The maximum Gasteiger partial charge on any atom is 0.253 e. The van der Waals surface area contributed by atoms with Gasteiger partial charge in [0, 0.05) is 44.8 Å². The highest BCUT2D eigenvalue weighted by molar-refractivity contribution is 7.89. The molecule has 0 bridgehead atoms. The lowest BCUT2D eigenvalue weighted by molar-refractivity contribution is -0.0440. The standard InChI is InChI=1S/C17H25N3O4S/c1-13-11-20(12-14(2)24-13)25(22,23)16-5-3-15(4-6-16)17(21)19-9-7-18-8-10-19/h3-6,13-14,18H,7-12H2,1-2H3/t13-,14+. The van der Waals surface area contributed by atoms with Crippen molar-refractivity contribution in [2.24, 2.45) is 0 Å². The predicted molar refractivity (Wildman–Crippen MR) is 94.0 cm³/mol. The van der Waals surface area contributed by atoms with Gasteiger partial charge in [0.05, 0.1) is 17.1 Å². The lowest BCUT2D eigenvalue weighted by atomic mass is 10.2. The fourth-order valence-corrected chi connectivity index (χ4v) is 4.89. The van der Waals surface area contributed by atoms with E-state index >= 15 is 0 Å². The first-order chi connectivity index (χ1) is 11.9. The zero-order valence-corrected chi connectivity index (χ0v) is 15.5. The van der Waals surface area contributed by atoms with E-state index in [2.05, 4.69) is 5.32 Å². The Kier molecular flexibility index (Phi) is 5.43. The summed E-state index contributed by atoms with van der Waals surface area (Å²) in [7, 11) is -3.58. The number of sulfonamides is 1. The lowest BCUT2D eigenvalue weighted by Gasteiger charge is -2.34. The maximum absolute atomic E-state index is 12.8. The first-order valence-electron chi connectivity index (χ1n) is 8.63. The number of morpholine rings is 1. The van der Waals surface area contributed by atoms with Crippen molar-refractivity contribution >= 4 is 15.9 Å². The molecule has 138 valence electrons. The van der Waals surface area contributed by atoms with E-state index in [1.54, 1.807) is 17.0 Å². The first kappa shape index (κ1) is 18.3. The molecule has 2 aliphatic rings. The summed E-state index contributed by atoms with van der Waals surface area (Å²) in [4.78, 5) is 14.5. The van der Waals surface area contributed by atoms with Crippen LogP contribution in [0, 0.1) is 0 Å². The molecule has 1 N–H and O–H groups in total. The van der Waals surface area contributed by atoms with Gasteiger partial charge in [-0.2, -0.15) is 4.31 Å². The molecule has 0 saturated carbocycles. The van der Waals surface area contributed by atoms with Gasteiger partial charge in [-0.15, -0.1) is 0 Å². The Morgan fingerprint density at radius 1 is 1.08 bits per heavy atom. The van der Waals surface area contributed by atoms with Crippen LogP contribution >= 0.6 is 0 Å². The van der Waals surface area contributed by atoms with E-state index in [1.165, 1.54) is 16.4 Å². The molecular weight excluding hydrogens is 342 g/mol. The van der Waals surface area contributed by atoms with Crippen LogP contribution in [0.2, 0.25) is 0 Å². The normalized spacial score (nSPS) is 25.8. The second-order valence-corrected chi connectivity index (χ2v) is 8.58. The van der Waals surface area contributed by atoms with Crippen LogP contribution in [0.5, 0.6) is 0 Å². The van der Waals surface area contributed by atoms with Crippen LogP contribution in [-0.2, 0) is 14.8 Å². The van der Waals surface area contributed by atoms with Gasteiger partial charge in [-0.25, -0.2) is 8.42 Å². The van der Waals surface area contributed by atoms with Gasteiger partial charge in [0.25, 0.3) is 5.91 Å². The number of hydrogen-bond donors (Lipinski definition) is 1. The molecule has 25 heavy (non-hydrogen) atoms. The molecule has 3 rings (SSSR count). The van der Waals surface area contributed by atoms with Crippen LogP contribution in [0.4, 0.5) is 0 Å². The fraction of sp³-hybridized carbons (Fsp3) is 0.588. The molecule has 0 spiro atoms. The van der Waals surface area contributed by atoms with Crippen molar-refractivity contribution < 1.29 is 17.9 Å². The molecule has 1 aromatic rings. The molecule has 0 unspecified atom stereocenters. The van der Waals surface area contributed by atoms with Gasteiger partial charge in [0.15, 0.2) is 0 Å². The maximum atomic E-state index is 12.8. The van der Waals surface area contributed by atoms with Crippen molar-refractivity contribution in [3.05, 3.63) is 29.8 Å². The predicted octanol–water partition coefficient (Wildman–Crippen LogP) is 0.530. The SMILES string of the molecule is C[C@@H]1CN(S(=O)(=O)c2ccc(C(=O)N3CCNCC3)cc2)C[C@H](C)O1. The molecule has 2 fully saturated rings. The lowest BCUT2D eigenvalue weighted by Crippen LogP contribution is -2.48. The summed E-state index contributed by atoms with van der Waals surface area (Å²) >= 11 is 0. The van der Waals surface area contributed by atoms with E-state index in [0.717, 1.165) is 13.1 Å². The summed E-state index contributed by atoms with van der Waals surface area (Å²) < 4.78 is 32.7. The number of nitrogens with zero attached hydrogens (tertiary/aromatic N) is 2. The highest BCUT2D eigenvalue weighted by Crippen LogP contribution is 2.21. The van der Waals surface area contributed by atoms with Gasteiger partial charge < -0.3 is 15.0 Å². The molecule has 1 amide bonds. The van der Waals surface area contributed by atoms with E-state index in [0.29, 0.717) is 31.7 Å². The minimum atomic E-state index is -3.58. The van der Waals surface area contributed by atoms with Gasteiger partial charge in [0.2, 0.25) is 10.0 Å². The minimum Gasteiger partial charge on any atom is -0.373 e. The molecule has 1 aromatic carbocycles. The zero-order valence-electron chi connectivity index (χ0n) is 14.6. The Bertz CT molecular complexity index is 704. The number of ether oxygens (including phenoxy) is 1. The van der Waals surface area contributed by atoms with Crippen LogP contribution < -0.4 is 5.32 Å². The average molecular weight is 367 g/mol. The Morgan fingerprint density at radius 2 is 1.64 bits per heavy atom. The zero-order chi connectivity index (χ0) is 18.0. The molecule has 2 saturated heterocycles. The number of piperazine rings is 1. The molecular formula is C17H25N3O4S. The number of hydrogen-bond acceptors (Lipinski definition) is 5. The van der Waals surface area contributed by atoms with Gasteiger partial charge >= 0.3 is 0 Å². The third-order valence-electron chi connectivity index (χ3n) is 4.53. The van der Waals surface area contributed by atoms with Gasteiger partial charge in [-0.05, 0) is 38.1 Å². The Morgan fingerprint density at radius 3 is 2.20 bits per heavy atom. The third kappa shape index (κ3) is 4.03. The molecule has 2 heterocycles. The number of benzene rings is 1. The Balaban J connectivity index is 1.75. The monoisotopic (exact) mass is 367 g/mol. The van der Waals surface area contributed by atoms with E-state index in [4.69, 9.17) is 4.74 Å². The van der Waals surface area contributed by atoms with Crippen LogP contribution in [-0.4, -0.2) is 75.0 Å². The summed E-state index contributed by atoms with van der Waals surface area (Å²) in [5, 5.41) is 3.20. The molecule has 0 aromatic heterocycles. The summed E-state index contributed by atoms with van der Waals surface area (Å²) in [5.41, 5.74) is 0.518. The highest BCUT2D eigenvalue weighted by atomic mass is 32.2. The van der Waals surface area contributed by atoms with E-state index in [9.17, 15) is 13.2 Å². The fourth-order valence-electron chi connectivity index (χ4n) is 3.30. The largest absolute Gasteiger partial charge is 0.373 e. The van der Waals surface area contributed by atoms with Crippen molar-refractivity contribution in [1.82, 2.24) is 14.5 Å². The van der Waals surface area contributed by atoms with Crippen LogP contribution in [0.1, 0.15) is 24.2 Å². The first-order valence-corrected chi connectivity index (χ1v) is 10.1. The summed E-state index contributed by atoms with van der Waals surface area (Å²) in [6, 6.07) is 6.25. The second-order valence-electron chi connectivity index (χ2n) is 6.65.